The van der Waals surface area contributed by atoms with Crippen LogP contribution in [0.3, 0.4) is 0 Å². The van der Waals surface area contributed by atoms with Gasteiger partial charge in [0.1, 0.15) is 12.5 Å². The summed E-state index contributed by atoms with van der Waals surface area (Å²) < 4.78 is 10.3. The van der Waals surface area contributed by atoms with Crippen molar-refractivity contribution in [2.24, 2.45) is 5.92 Å². The van der Waals surface area contributed by atoms with Gasteiger partial charge < -0.3 is 20.1 Å². The van der Waals surface area contributed by atoms with Crippen LogP contribution in [-0.4, -0.2) is 31.4 Å². The first-order valence-corrected chi connectivity index (χ1v) is 8.42. The molecule has 0 aliphatic carbocycles. The molecule has 2 aromatic carbocycles. The van der Waals surface area contributed by atoms with Gasteiger partial charge in [0.05, 0.1) is 12.6 Å². The number of ether oxygens (including phenoxy) is 2. The van der Waals surface area contributed by atoms with Gasteiger partial charge in [-0.1, -0.05) is 49.0 Å². The predicted molar refractivity (Wildman–Crippen MR) is 101 cm³/mol. The molecule has 1 aliphatic heterocycles. The zero-order valence-electron chi connectivity index (χ0n) is 14.0. The molecule has 1 saturated heterocycles. The number of rotatable bonds is 5. The molecule has 5 nitrogen and oxygen atoms in total. The number of benzene rings is 2. The second-order valence-electron chi connectivity index (χ2n) is 5.81. The Balaban J connectivity index is 1.98. The van der Waals surface area contributed by atoms with Crippen LogP contribution in [-0.2, 0) is 14.3 Å². The van der Waals surface area contributed by atoms with Crippen molar-refractivity contribution in [3.63, 3.8) is 0 Å². The van der Waals surface area contributed by atoms with Crippen LogP contribution in [0.15, 0.2) is 54.7 Å². The highest BCUT2D eigenvalue weighted by Crippen LogP contribution is 2.34. The van der Waals surface area contributed by atoms with Crippen LogP contribution in [0.25, 0.3) is 10.8 Å². The van der Waals surface area contributed by atoms with Gasteiger partial charge in [0.2, 0.25) is 0 Å². The van der Waals surface area contributed by atoms with Gasteiger partial charge in [0, 0.05) is 12.8 Å². The maximum atomic E-state index is 12.6. The lowest BCUT2D eigenvalue weighted by Gasteiger charge is -2.35. The molecule has 0 radical (unpaired) electrons. The summed E-state index contributed by atoms with van der Waals surface area (Å²) in [6, 6.07) is 13.7. The predicted octanol–water partition coefficient (Wildman–Crippen LogP) is 2.68. The van der Waals surface area contributed by atoms with Gasteiger partial charge in [-0.3, -0.25) is 4.79 Å². The lowest BCUT2D eigenvalue weighted by molar-refractivity contribution is -0.149. The van der Waals surface area contributed by atoms with E-state index >= 15 is 0 Å². The molecular formula is C19H20N2O3S. The van der Waals surface area contributed by atoms with Crippen molar-refractivity contribution in [1.82, 2.24) is 10.6 Å². The van der Waals surface area contributed by atoms with Gasteiger partial charge in [0.15, 0.2) is 5.11 Å². The third kappa shape index (κ3) is 3.65. The zero-order valence-corrected chi connectivity index (χ0v) is 14.8. The van der Waals surface area contributed by atoms with Gasteiger partial charge in [-0.05, 0) is 28.6 Å². The topological polar surface area (TPSA) is 59.6 Å². The third-order valence-corrected chi connectivity index (χ3v) is 4.43. The van der Waals surface area contributed by atoms with Gasteiger partial charge in [-0.25, -0.2) is 0 Å². The molecule has 2 atom stereocenters. The van der Waals surface area contributed by atoms with Gasteiger partial charge in [-0.2, -0.15) is 0 Å². The maximum Gasteiger partial charge on any atom is 0.317 e. The summed E-state index contributed by atoms with van der Waals surface area (Å²) in [5, 5.41) is 8.76. The highest BCUT2D eigenvalue weighted by molar-refractivity contribution is 7.80. The van der Waals surface area contributed by atoms with E-state index in [1.807, 2.05) is 42.5 Å². The summed E-state index contributed by atoms with van der Waals surface area (Å²) in [6.07, 6.45) is 0. The van der Waals surface area contributed by atoms with Crippen LogP contribution >= 0.6 is 12.2 Å². The van der Waals surface area contributed by atoms with E-state index in [0.717, 1.165) is 16.3 Å². The fourth-order valence-electron chi connectivity index (χ4n) is 3.06. The fourth-order valence-corrected chi connectivity index (χ4v) is 3.32. The molecule has 2 N–H and O–H groups in total. The van der Waals surface area contributed by atoms with E-state index in [1.165, 1.54) is 0 Å². The number of nitrogens with one attached hydrogen (secondary N) is 2. The molecule has 3 rings (SSSR count). The van der Waals surface area contributed by atoms with E-state index in [9.17, 15) is 4.79 Å². The van der Waals surface area contributed by atoms with Crippen molar-refractivity contribution >= 4 is 34.1 Å². The first kappa shape index (κ1) is 17.4. The van der Waals surface area contributed by atoms with E-state index in [4.69, 9.17) is 21.7 Å². The Morgan fingerprint density at radius 1 is 1.20 bits per heavy atom. The van der Waals surface area contributed by atoms with E-state index in [1.54, 1.807) is 7.11 Å². The first-order valence-electron chi connectivity index (χ1n) is 8.01. The molecule has 0 unspecified atom stereocenters. The number of hydrogen-bond donors (Lipinski definition) is 2. The van der Waals surface area contributed by atoms with Gasteiger partial charge in [0.25, 0.3) is 0 Å². The average molecular weight is 356 g/mol. The number of thiocarbonyl (C=S) groups is 1. The number of carbonyl (C=O) groups excluding carboxylic acids is 1. The van der Waals surface area contributed by atoms with Crippen molar-refractivity contribution in [3.8, 4) is 0 Å². The smallest absolute Gasteiger partial charge is 0.317 e. The van der Waals surface area contributed by atoms with Gasteiger partial charge in [-0.15, -0.1) is 0 Å². The average Bonchev–Trinajstić information content (AvgIpc) is 2.60. The molecule has 0 bridgehead atoms. The van der Waals surface area contributed by atoms with Crippen molar-refractivity contribution in [1.29, 1.82) is 0 Å². The van der Waals surface area contributed by atoms with Crippen LogP contribution < -0.4 is 10.6 Å². The van der Waals surface area contributed by atoms with E-state index in [2.05, 4.69) is 17.2 Å². The molecule has 0 aromatic heterocycles. The molecule has 130 valence electrons. The number of carbonyl (C=O) groups is 1. The van der Waals surface area contributed by atoms with Crippen LogP contribution in [0, 0.1) is 5.92 Å². The molecule has 6 heteroatoms. The van der Waals surface area contributed by atoms with Crippen LogP contribution in [0.2, 0.25) is 0 Å². The molecule has 0 amide bonds. The Kier molecular flexibility index (Phi) is 5.31. The highest BCUT2D eigenvalue weighted by Gasteiger charge is 2.38. The lowest BCUT2D eigenvalue weighted by atomic mass is 9.86. The monoisotopic (exact) mass is 356 g/mol. The lowest BCUT2D eigenvalue weighted by Crippen LogP contribution is -2.51. The van der Waals surface area contributed by atoms with Crippen LogP contribution in [0.4, 0.5) is 0 Å². The summed E-state index contributed by atoms with van der Waals surface area (Å²) in [5.74, 6) is -0.947. The highest BCUT2D eigenvalue weighted by atomic mass is 32.1. The summed E-state index contributed by atoms with van der Waals surface area (Å²) in [4.78, 5) is 12.6. The minimum atomic E-state index is -0.589. The van der Waals surface area contributed by atoms with Crippen molar-refractivity contribution in [2.45, 2.75) is 6.04 Å². The Labute approximate surface area is 152 Å². The Hall–Kier alpha value is -2.44. The Morgan fingerprint density at radius 3 is 2.76 bits per heavy atom. The van der Waals surface area contributed by atoms with Crippen LogP contribution in [0.5, 0.6) is 0 Å². The van der Waals surface area contributed by atoms with Crippen molar-refractivity contribution in [3.05, 3.63) is 60.3 Å². The number of methoxy groups -OCH3 is 1. The molecule has 1 aliphatic rings. The summed E-state index contributed by atoms with van der Waals surface area (Å²) in [7, 11) is 1.56. The summed E-state index contributed by atoms with van der Waals surface area (Å²) >= 11 is 5.27. The number of fused-ring (bicyclic) bond motifs is 1. The maximum absolute atomic E-state index is 12.6. The zero-order chi connectivity index (χ0) is 17.8. The van der Waals surface area contributed by atoms with E-state index < -0.39 is 5.92 Å². The van der Waals surface area contributed by atoms with E-state index in [-0.39, 0.29) is 18.6 Å². The standard InChI is InChI=1S/C19H20N2O3S/c1-12-16(18(22)24-11-10-23-2)17(21-19(25)20-12)15-9-5-7-13-6-3-4-8-14(13)15/h3-9,16-17H,1,10-11H2,2H3,(H2,20,21,25)/t16-,17+/m1/s1. The molecule has 0 spiro atoms. The third-order valence-electron chi connectivity index (χ3n) is 4.21. The first-order chi connectivity index (χ1) is 12.1. The fraction of sp³-hybridized carbons (Fsp3) is 0.263. The Morgan fingerprint density at radius 2 is 1.96 bits per heavy atom. The van der Waals surface area contributed by atoms with Crippen molar-refractivity contribution in [2.75, 3.05) is 20.3 Å². The van der Waals surface area contributed by atoms with Gasteiger partial charge >= 0.3 is 5.97 Å². The van der Waals surface area contributed by atoms with E-state index in [0.29, 0.717) is 17.4 Å². The minimum Gasteiger partial charge on any atom is -0.463 e. The summed E-state index contributed by atoms with van der Waals surface area (Å²) in [6.45, 7) is 4.53. The molecule has 0 saturated carbocycles. The number of hydrogen-bond acceptors (Lipinski definition) is 4. The minimum absolute atomic E-state index is 0.200. The second-order valence-corrected chi connectivity index (χ2v) is 6.22. The van der Waals surface area contributed by atoms with Crippen LogP contribution in [0.1, 0.15) is 11.6 Å². The normalized spacial score (nSPS) is 20.0. The quantitative estimate of drug-likeness (QED) is 0.488. The second kappa shape index (κ2) is 7.63. The molecule has 1 heterocycles. The largest absolute Gasteiger partial charge is 0.463 e. The molecule has 2 aromatic rings. The molecular weight excluding hydrogens is 336 g/mol. The SMILES string of the molecule is C=C1NC(=S)N[C@@H](c2cccc3ccccc23)[C@@H]1C(=O)OCCOC. The molecule has 25 heavy (non-hydrogen) atoms. The van der Waals surface area contributed by atoms with Crippen molar-refractivity contribution < 1.29 is 14.3 Å². The number of esters is 1. The molecule has 1 fully saturated rings. The Bertz CT molecular complexity index is 816. The summed E-state index contributed by atoms with van der Waals surface area (Å²) in [5.41, 5.74) is 1.51.